The average Bonchev–Trinajstić information content (AvgIpc) is 2.59. The molecule has 1 rings (SSSR count). The number of hydrogen-bond acceptors (Lipinski definition) is 3. The molecule has 0 spiro atoms. The smallest absolute Gasteiger partial charge is 0.308 e. The van der Waals surface area contributed by atoms with E-state index >= 15 is 0 Å². The molecule has 3 N–H and O–H groups in total. The van der Waals surface area contributed by atoms with Crippen LogP contribution in [0.1, 0.15) is 27.2 Å². The molecule has 1 amide bonds. The van der Waals surface area contributed by atoms with Gasteiger partial charge in [0.25, 0.3) is 0 Å². The molecule has 0 bridgehead atoms. The molecule has 1 fully saturated rings. The van der Waals surface area contributed by atoms with Crippen LogP contribution in [0.5, 0.6) is 0 Å². The maximum atomic E-state index is 12.0. The largest absolute Gasteiger partial charge is 0.481 e. The number of aliphatic carboxylic acids is 1. The maximum absolute atomic E-state index is 12.0. The molecule has 1 aliphatic rings. The Morgan fingerprint density at radius 1 is 1.50 bits per heavy atom. The van der Waals surface area contributed by atoms with Crippen molar-refractivity contribution in [2.75, 3.05) is 13.1 Å². The lowest BCUT2D eigenvalue weighted by Gasteiger charge is -2.28. The molecular weight excluding hydrogens is 208 g/mol. The topological polar surface area (TPSA) is 83.6 Å². The minimum atomic E-state index is -0.882. The molecule has 3 unspecified atom stereocenters. The molecule has 0 saturated carbocycles. The van der Waals surface area contributed by atoms with Crippen LogP contribution in [0.2, 0.25) is 0 Å². The number of carboxylic acids is 1. The van der Waals surface area contributed by atoms with E-state index in [4.69, 9.17) is 10.8 Å². The number of amides is 1. The van der Waals surface area contributed by atoms with E-state index in [9.17, 15) is 9.59 Å². The summed E-state index contributed by atoms with van der Waals surface area (Å²) in [5.41, 5.74) is 4.99. The van der Waals surface area contributed by atoms with E-state index in [0.717, 1.165) is 0 Å². The standard InChI is InChI=1S/C11H20N2O3/c1-4-11(3,12)10(16)13-5-7(2)8(6-13)9(14)15/h7-8H,4-6,12H2,1-3H3,(H,14,15). The third-order valence-corrected chi connectivity index (χ3v) is 3.44. The van der Waals surface area contributed by atoms with Crippen molar-refractivity contribution in [3.8, 4) is 0 Å². The summed E-state index contributed by atoms with van der Waals surface area (Å²) in [4.78, 5) is 24.5. The predicted octanol–water partition coefficient (Wildman–Crippen LogP) is 0.293. The van der Waals surface area contributed by atoms with Gasteiger partial charge in [-0.25, -0.2) is 0 Å². The van der Waals surface area contributed by atoms with Gasteiger partial charge in [0, 0.05) is 13.1 Å². The summed E-state index contributed by atoms with van der Waals surface area (Å²) >= 11 is 0. The second-order valence-corrected chi connectivity index (χ2v) is 4.90. The summed E-state index contributed by atoms with van der Waals surface area (Å²) < 4.78 is 0. The van der Waals surface area contributed by atoms with E-state index in [1.165, 1.54) is 0 Å². The Balaban J connectivity index is 2.72. The maximum Gasteiger partial charge on any atom is 0.308 e. The molecule has 1 aliphatic heterocycles. The summed E-state index contributed by atoms with van der Waals surface area (Å²) in [6.45, 7) is 6.16. The number of nitrogens with two attached hydrogens (primary N) is 1. The minimum absolute atomic E-state index is 0.00546. The lowest BCUT2D eigenvalue weighted by atomic mass is 9.99. The number of nitrogens with zero attached hydrogens (tertiary/aromatic N) is 1. The first kappa shape index (κ1) is 13.0. The zero-order chi connectivity index (χ0) is 12.5. The number of carbonyl (C=O) groups is 2. The van der Waals surface area contributed by atoms with Gasteiger partial charge >= 0.3 is 5.97 Å². The number of likely N-dealkylation sites (tertiary alicyclic amines) is 1. The van der Waals surface area contributed by atoms with Crippen LogP contribution in [0.25, 0.3) is 0 Å². The summed E-state index contributed by atoms with van der Waals surface area (Å²) in [5.74, 6) is -1.45. The predicted molar refractivity (Wildman–Crippen MR) is 59.8 cm³/mol. The van der Waals surface area contributed by atoms with E-state index in [0.29, 0.717) is 13.0 Å². The van der Waals surface area contributed by atoms with Crippen molar-refractivity contribution in [2.24, 2.45) is 17.6 Å². The molecule has 1 saturated heterocycles. The number of hydrogen-bond donors (Lipinski definition) is 2. The lowest BCUT2D eigenvalue weighted by molar-refractivity contribution is -0.142. The van der Waals surface area contributed by atoms with Crippen LogP contribution < -0.4 is 5.73 Å². The normalized spacial score (nSPS) is 28.9. The van der Waals surface area contributed by atoms with Crippen molar-refractivity contribution in [3.63, 3.8) is 0 Å². The van der Waals surface area contributed by atoms with Crippen LogP contribution >= 0.6 is 0 Å². The Bertz CT molecular complexity index is 302. The van der Waals surface area contributed by atoms with Gasteiger partial charge in [-0.05, 0) is 19.3 Å². The SMILES string of the molecule is CCC(C)(N)C(=O)N1CC(C)C(C(=O)O)C1. The van der Waals surface area contributed by atoms with E-state index in [1.54, 1.807) is 11.8 Å². The first-order valence-corrected chi connectivity index (χ1v) is 5.60. The first-order valence-electron chi connectivity index (χ1n) is 5.60. The van der Waals surface area contributed by atoms with E-state index < -0.39 is 17.4 Å². The Hall–Kier alpha value is -1.10. The molecule has 5 heteroatoms. The lowest BCUT2D eigenvalue weighted by Crippen LogP contribution is -2.52. The summed E-state index contributed by atoms with van der Waals surface area (Å²) in [6, 6.07) is 0. The Labute approximate surface area is 95.6 Å². The summed E-state index contributed by atoms with van der Waals surface area (Å²) in [7, 11) is 0. The van der Waals surface area contributed by atoms with Gasteiger partial charge in [0.2, 0.25) is 5.91 Å². The van der Waals surface area contributed by atoms with Crippen molar-refractivity contribution in [1.29, 1.82) is 0 Å². The van der Waals surface area contributed by atoms with Crippen molar-refractivity contribution in [2.45, 2.75) is 32.7 Å². The van der Waals surface area contributed by atoms with Gasteiger partial charge in [-0.3, -0.25) is 9.59 Å². The highest BCUT2D eigenvalue weighted by molar-refractivity contribution is 5.86. The molecule has 3 atom stereocenters. The number of carbonyl (C=O) groups excluding carboxylic acids is 1. The monoisotopic (exact) mass is 228 g/mol. The Morgan fingerprint density at radius 3 is 2.44 bits per heavy atom. The second kappa shape index (κ2) is 4.41. The quantitative estimate of drug-likeness (QED) is 0.727. The molecule has 0 aromatic heterocycles. The van der Waals surface area contributed by atoms with Crippen LogP contribution in [0.15, 0.2) is 0 Å². The molecule has 5 nitrogen and oxygen atoms in total. The van der Waals surface area contributed by atoms with E-state index in [-0.39, 0.29) is 18.4 Å². The van der Waals surface area contributed by atoms with Crippen molar-refractivity contribution < 1.29 is 14.7 Å². The van der Waals surface area contributed by atoms with Crippen LogP contribution in [-0.2, 0) is 9.59 Å². The molecule has 16 heavy (non-hydrogen) atoms. The average molecular weight is 228 g/mol. The highest BCUT2D eigenvalue weighted by Gasteiger charge is 2.41. The van der Waals surface area contributed by atoms with Crippen molar-refractivity contribution >= 4 is 11.9 Å². The zero-order valence-electron chi connectivity index (χ0n) is 10.1. The molecular formula is C11H20N2O3. The zero-order valence-corrected chi connectivity index (χ0v) is 10.1. The van der Waals surface area contributed by atoms with Gasteiger partial charge in [0.1, 0.15) is 0 Å². The molecule has 0 radical (unpaired) electrons. The number of carboxylic acid groups (broad SMARTS) is 1. The van der Waals surface area contributed by atoms with Gasteiger partial charge in [-0.2, -0.15) is 0 Å². The molecule has 0 aromatic carbocycles. The molecule has 92 valence electrons. The van der Waals surface area contributed by atoms with Crippen LogP contribution in [0.3, 0.4) is 0 Å². The molecule has 0 aromatic rings. The van der Waals surface area contributed by atoms with Gasteiger partial charge in [0.15, 0.2) is 0 Å². The minimum Gasteiger partial charge on any atom is -0.481 e. The first-order chi connectivity index (χ1) is 7.29. The van der Waals surface area contributed by atoms with Crippen LogP contribution in [0, 0.1) is 11.8 Å². The van der Waals surface area contributed by atoms with E-state index in [2.05, 4.69) is 0 Å². The fourth-order valence-electron chi connectivity index (χ4n) is 1.97. The van der Waals surface area contributed by atoms with Crippen molar-refractivity contribution in [3.05, 3.63) is 0 Å². The van der Waals surface area contributed by atoms with Crippen LogP contribution in [0.4, 0.5) is 0 Å². The van der Waals surface area contributed by atoms with E-state index in [1.807, 2.05) is 13.8 Å². The summed E-state index contributed by atoms with van der Waals surface area (Å²) in [5, 5.41) is 8.97. The molecule has 1 heterocycles. The van der Waals surface area contributed by atoms with Gasteiger partial charge < -0.3 is 15.7 Å². The van der Waals surface area contributed by atoms with Crippen molar-refractivity contribution in [1.82, 2.24) is 4.90 Å². The Kier molecular flexibility index (Phi) is 3.57. The van der Waals surface area contributed by atoms with Gasteiger partial charge in [0.05, 0.1) is 11.5 Å². The van der Waals surface area contributed by atoms with Crippen LogP contribution in [-0.4, -0.2) is 40.5 Å². The fourth-order valence-corrected chi connectivity index (χ4v) is 1.97. The third-order valence-electron chi connectivity index (χ3n) is 3.44. The Morgan fingerprint density at radius 2 is 2.06 bits per heavy atom. The molecule has 0 aliphatic carbocycles. The van der Waals surface area contributed by atoms with Gasteiger partial charge in [-0.15, -0.1) is 0 Å². The summed E-state index contributed by atoms with van der Waals surface area (Å²) in [6.07, 6.45) is 0.550. The highest BCUT2D eigenvalue weighted by atomic mass is 16.4. The second-order valence-electron chi connectivity index (χ2n) is 4.90. The third kappa shape index (κ3) is 2.35. The highest BCUT2D eigenvalue weighted by Crippen LogP contribution is 2.25. The van der Waals surface area contributed by atoms with Gasteiger partial charge in [-0.1, -0.05) is 13.8 Å². The fraction of sp³-hybridized carbons (Fsp3) is 0.818. The number of rotatable bonds is 3.